The Morgan fingerprint density at radius 1 is 1.14 bits per heavy atom. The number of para-hydroxylation sites is 1. The molecule has 3 heterocycles. The molecule has 1 aliphatic heterocycles. The van der Waals surface area contributed by atoms with E-state index in [0.717, 1.165) is 42.7 Å². The number of benzene rings is 1. The Morgan fingerprint density at radius 2 is 2.09 bits per heavy atom. The fourth-order valence-electron chi connectivity index (χ4n) is 2.74. The van der Waals surface area contributed by atoms with E-state index in [9.17, 15) is 0 Å². The van der Waals surface area contributed by atoms with Gasteiger partial charge in [0.05, 0.1) is 17.9 Å². The first-order valence-electron chi connectivity index (χ1n) is 7.56. The van der Waals surface area contributed by atoms with Gasteiger partial charge < -0.3 is 14.5 Å². The van der Waals surface area contributed by atoms with Gasteiger partial charge in [-0.1, -0.05) is 12.1 Å². The van der Waals surface area contributed by atoms with E-state index < -0.39 is 0 Å². The van der Waals surface area contributed by atoms with Gasteiger partial charge in [0, 0.05) is 18.5 Å². The maximum atomic E-state index is 5.66. The van der Waals surface area contributed by atoms with Crippen LogP contribution in [0.25, 0.3) is 22.5 Å². The van der Waals surface area contributed by atoms with E-state index in [1.807, 2.05) is 36.4 Å². The van der Waals surface area contributed by atoms with E-state index in [4.69, 9.17) is 9.15 Å². The number of rotatable bonds is 4. The van der Waals surface area contributed by atoms with Crippen molar-refractivity contribution < 1.29 is 9.15 Å². The molecule has 3 aromatic rings. The third-order valence-corrected chi connectivity index (χ3v) is 3.87. The second-order valence-corrected chi connectivity index (χ2v) is 5.41. The molecule has 0 spiro atoms. The normalized spacial score (nSPS) is 17.9. The van der Waals surface area contributed by atoms with E-state index in [2.05, 4.69) is 15.3 Å². The van der Waals surface area contributed by atoms with Crippen LogP contribution in [0, 0.1) is 0 Å². The summed E-state index contributed by atoms with van der Waals surface area (Å²) >= 11 is 0. The summed E-state index contributed by atoms with van der Waals surface area (Å²) in [6.45, 7) is 1.62. The summed E-state index contributed by atoms with van der Waals surface area (Å²) in [6.07, 6.45) is 4.13. The third-order valence-electron chi connectivity index (χ3n) is 3.87. The molecule has 1 N–H and O–H groups in total. The van der Waals surface area contributed by atoms with Crippen molar-refractivity contribution in [3.63, 3.8) is 0 Å². The summed E-state index contributed by atoms with van der Waals surface area (Å²) in [5.74, 6) is 2.09. The summed E-state index contributed by atoms with van der Waals surface area (Å²) in [5.41, 5.74) is 0.902. The largest absolute Gasteiger partial charge is 0.461 e. The van der Waals surface area contributed by atoms with Crippen LogP contribution in [0.15, 0.2) is 47.1 Å². The van der Waals surface area contributed by atoms with Gasteiger partial charge in [-0.05, 0) is 37.1 Å². The van der Waals surface area contributed by atoms with Crippen LogP contribution < -0.4 is 5.32 Å². The fourth-order valence-corrected chi connectivity index (χ4v) is 2.74. The van der Waals surface area contributed by atoms with E-state index in [0.29, 0.717) is 11.6 Å². The summed E-state index contributed by atoms with van der Waals surface area (Å²) < 4.78 is 11.1. The lowest BCUT2D eigenvalue weighted by atomic mass is 10.2. The van der Waals surface area contributed by atoms with Gasteiger partial charge in [-0.25, -0.2) is 9.97 Å². The molecule has 5 nitrogen and oxygen atoms in total. The van der Waals surface area contributed by atoms with Crippen LogP contribution in [-0.2, 0) is 4.74 Å². The minimum absolute atomic E-state index is 0.265. The number of hydrogen-bond donors (Lipinski definition) is 1. The van der Waals surface area contributed by atoms with Crippen molar-refractivity contribution in [3.05, 3.63) is 42.7 Å². The Bertz CT molecular complexity index is 765. The zero-order valence-corrected chi connectivity index (χ0v) is 12.2. The second kappa shape index (κ2) is 5.77. The number of aromatic nitrogens is 2. The Kier molecular flexibility index (Phi) is 3.48. The monoisotopic (exact) mass is 295 g/mol. The van der Waals surface area contributed by atoms with Crippen molar-refractivity contribution in [2.75, 3.05) is 18.5 Å². The topological polar surface area (TPSA) is 60.2 Å². The summed E-state index contributed by atoms with van der Waals surface area (Å²) in [6, 6.07) is 11.7. The number of fused-ring (bicyclic) bond motifs is 1. The van der Waals surface area contributed by atoms with Crippen LogP contribution in [-0.4, -0.2) is 29.2 Å². The quantitative estimate of drug-likeness (QED) is 0.798. The summed E-state index contributed by atoms with van der Waals surface area (Å²) in [4.78, 5) is 9.21. The molecule has 1 saturated heterocycles. The first-order valence-corrected chi connectivity index (χ1v) is 7.56. The highest BCUT2D eigenvalue weighted by Gasteiger charge is 2.17. The van der Waals surface area contributed by atoms with Gasteiger partial charge >= 0.3 is 0 Å². The number of nitrogens with one attached hydrogen (secondary N) is 1. The first kappa shape index (κ1) is 13.3. The molecule has 1 aliphatic rings. The van der Waals surface area contributed by atoms with Crippen molar-refractivity contribution in [1.29, 1.82) is 0 Å². The van der Waals surface area contributed by atoms with Crippen LogP contribution in [0.2, 0.25) is 0 Å². The zero-order chi connectivity index (χ0) is 14.8. The van der Waals surface area contributed by atoms with Crippen molar-refractivity contribution in [1.82, 2.24) is 9.97 Å². The number of furan rings is 1. The zero-order valence-electron chi connectivity index (χ0n) is 12.2. The van der Waals surface area contributed by atoms with Gasteiger partial charge in [-0.2, -0.15) is 0 Å². The van der Waals surface area contributed by atoms with E-state index in [-0.39, 0.29) is 6.10 Å². The molecular formula is C17H17N3O2. The molecule has 0 radical (unpaired) electrons. The van der Waals surface area contributed by atoms with Gasteiger partial charge in [0.15, 0.2) is 11.6 Å². The van der Waals surface area contributed by atoms with Crippen molar-refractivity contribution in [2.24, 2.45) is 0 Å². The Balaban J connectivity index is 1.70. The van der Waals surface area contributed by atoms with E-state index in [1.165, 1.54) is 0 Å². The maximum Gasteiger partial charge on any atom is 0.198 e. The van der Waals surface area contributed by atoms with Gasteiger partial charge in [0.25, 0.3) is 0 Å². The molecule has 112 valence electrons. The maximum absolute atomic E-state index is 5.66. The second-order valence-electron chi connectivity index (χ2n) is 5.41. The standard InChI is InChI=1S/C17H17N3O2/c1-2-7-14-13(6-1)16(18-11-12-5-3-9-21-12)20-17(19-14)15-8-4-10-22-15/h1-2,4,6-8,10,12H,3,5,9,11H2,(H,18,19,20). The third kappa shape index (κ3) is 2.55. The molecule has 0 aliphatic carbocycles. The van der Waals surface area contributed by atoms with Gasteiger partial charge in [-0.15, -0.1) is 0 Å². The summed E-state index contributed by atoms with van der Waals surface area (Å²) in [5, 5.41) is 4.42. The molecule has 4 rings (SSSR count). The molecule has 0 saturated carbocycles. The van der Waals surface area contributed by atoms with Crippen molar-refractivity contribution >= 4 is 16.7 Å². The molecule has 1 atom stereocenters. The lowest BCUT2D eigenvalue weighted by Crippen LogP contribution is -2.19. The molecule has 1 unspecified atom stereocenters. The van der Waals surface area contributed by atoms with Gasteiger partial charge in [0.2, 0.25) is 0 Å². The molecule has 0 bridgehead atoms. The smallest absolute Gasteiger partial charge is 0.198 e. The molecule has 22 heavy (non-hydrogen) atoms. The Labute approximate surface area is 128 Å². The van der Waals surface area contributed by atoms with Crippen molar-refractivity contribution in [2.45, 2.75) is 18.9 Å². The minimum Gasteiger partial charge on any atom is -0.461 e. The number of ether oxygens (including phenoxy) is 1. The first-order chi connectivity index (χ1) is 10.9. The van der Waals surface area contributed by atoms with Crippen LogP contribution in [0.4, 0.5) is 5.82 Å². The predicted octanol–water partition coefficient (Wildman–Crippen LogP) is 3.48. The fraction of sp³-hybridized carbons (Fsp3) is 0.294. The molecular weight excluding hydrogens is 278 g/mol. The molecule has 0 amide bonds. The van der Waals surface area contributed by atoms with Crippen LogP contribution in [0.1, 0.15) is 12.8 Å². The van der Waals surface area contributed by atoms with E-state index >= 15 is 0 Å². The predicted molar refractivity (Wildman–Crippen MR) is 84.7 cm³/mol. The lowest BCUT2D eigenvalue weighted by Gasteiger charge is -2.13. The molecule has 2 aromatic heterocycles. The highest BCUT2D eigenvalue weighted by atomic mass is 16.5. The number of anilines is 1. The highest BCUT2D eigenvalue weighted by Crippen LogP contribution is 2.25. The number of nitrogens with zero attached hydrogens (tertiary/aromatic N) is 2. The van der Waals surface area contributed by atoms with E-state index in [1.54, 1.807) is 6.26 Å². The van der Waals surface area contributed by atoms with Crippen LogP contribution >= 0.6 is 0 Å². The van der Waals surface area contributed by atoms with Gasteiger partial charge in [-0.3, -0.25) is 0 Å². The summed E-state index contributed by atoms with van der Waals surface area (Å²) in [7, 11) is 0. The SMILES string of the molecule is c1coc(-c2nc(NCC3CCCO3)c3ccccc3n2)c1. The Morgan fingerprint density at radius 3 is 2.91 bits per heavy atom. The lowest BCUT2D eigenvalue weighted by molar-refractivity contribution is 0.120. The highest BCUT2D eigenvalue weighted by molar-refractivity contribution is 5.90. The molecule has 5 heteroatoms. The molecule has 1 fully saturated rings. The Hall–Kier alpha value is -2.40. The number of hydrogen-bond acceptors (Lipinski definition) is 5. The van der Waals surface area contributed by atoms with Crippen molar-refractivity contribution in [3.8, 4) is 11.6 Å². The van der Waals surface area contributed by atoms with Crippen LogP contribution in [0.3, 0.4) is 0 Å². The average Bonchev–Trinajstić information content (AvgIpc) is 3.25. The van der Waals surface area contributed by atoms with Crippen LogP contribution in [0.5, 0.6) is 0 Å². The minimum atomic E-state index is 0.265. The van der Waals surface area contributed by atoms with Gasteiger partial charge in [0.1, 0.15) is 5.82 Å². The molecule has 1 aromatic carbocycles. The average molecular weight is 295 g/mol.